The van der Waals surface area contributed by atoms with E-state index in [4.69, 9.17) is 9.57 Å². The van der Waals surface area contributed by atoms with Gasteiger partial charge >= 0.3 is 5.97 Å². The number of carbonyl (C=O) groups excluding carboxylic acids is 2. The summed E-state index contributed by atoms with van der Waals surface area (Å²) in [5.74, 6) is -0.445. The zero-order valence-electron chi connectivity index (χ0n) is 25.7. The molecule has 2 amide bonds. The normalized spacial score (nSPS) is 23.9. The maximum absolute atomic E-state index is 14.0. The molecule has 9 nitrogen and oxygen atoms in total. The number of amides is 2. The lowest BCUT2D eigenvalue weighted by atomic mass is 9.84. The molecule has 226 valence electrons. The number of hydrogen-bond acceptors (Lipinski definition) is 6. The first-order valence-corrected chi connectivity index (χ1v) is 15.0. The summed E-state index contributed by atoms with van der Waals surface area (Å²) in [6.07, 6.45) is 6.50. The Balaban J connectivity index is 1.50. The summed E-state index contributed by atoms with van der Waals surface area (Å²) in [7, 11) is 0. The van der Waals surface area contributed by atoms with E-state index in [-0.39, 0.29) is 25.0 Å². The molecule has 0 unspecified atom stereocenters. The number of ether oxygens (including phenoxy) is 1. The zero-order chi connectivity index (χ0) is 30.1. The second-order valence-corrected chi connectivity index (χ2v) is 13.7. The van der Waals surface area contributed by atoms with Gasteiger partial charge in [-0.25, -0.2) is 4.79 Å². The fraction of sp³-hybridized carbons (Fsp3) is 0.688. The largest absolute Gasteiger partial charge is 0.490 e. The minimum absolute atomic E-state index is 0.0533. The highest BCUT2D eigenvalue weighted by Gasteiger charge is 2.55. The Morgan fingerprint density at radius 1 is 1.15 bits per heavy atom. The van der Waals surface area contributed by atoms with Gasteiger partial charge in [0.05, 0.1) is 18.4 Å². The van der Waals surface area contributed by atoms with Gasteiger partial charge in [0.2, 0.25) is 11.8 Å². The molecule has 2 N–H and O–H groups in total. The highest BCUT2D eigenvalue weighted by Crippen LogP contribution is 2.40. The molecule has 1 saturated heterocycles. The van der Waals surface area contributed by atoms with Crippen LogP contribution in [0.2, 0.25) is 0 Å². The molecule has 3 aliphatic rings. The Morgan fingerprint density at radius 2 is 1.78 bits per heavy atom. The van der Waals surface area contributed by atoms with E-state index in [9.17, 15) is 19.5 Å². The summed E-state index contributed by atoms with van der Waals surface area (Å²) in [5, 5.41) is 17.5. The van der Waals surface area contributed by atoms with Crippen LogP contribution in [0.4, 0.5) is 0 Å². The van der Waals surface area contributed by atoms with Crippen molar-refractivity contribution in [2.45, 2.75) is 124 Å². The number of nitrogens with one attached hydrogen (secondary N) is 1. The molecule has 9 heteroatoms. The average Bonchev–Trinajstić information content (AvgIpc) is 3.48. The van der Waals surface area contributed by atoms with Gasteiger partial charge in [0, 0.05) is 24.8 Å². The van der Waals surface area contributed by atoms with Gasteiger partial charge in [-0.2, -0.15) is 0 Å². The van der Waals surface area contributed by atoms with Crippen LogP contribution in [0.3, 0.4) is 0 Å². The smallest absolute Gasteiger partial charge is 0.326 e. The van der Waals surface area contributed by atoms with Crippen LogP contribution >= 0.6 is 0 Å². The third-order valence-corrected chi connectivity index (χ3v) is 8.57. The number of oxime groups is 1. The molecular formula is C32H47N3O6. The lowest BCUT2D eigenvalue weighted by molar-refractivity contribution is -0.150. The van der Waals surface area contributed by atoms with Crippen molar-refractivity contribution in [2.24, 2.45) is 16.5 Å². The van der Waals surface area contributed by atoms with Crippen LogP contribution in [0.15, 0.2) is 17.3 Å². The van der Waals surface area contributed by atoms with Crippen LogP contribution in [0, 0.1) is 25.2 Å². The van der Waals surface area contributed by atoms with E-state index in [1.54, 1.807) is 0 Å². The van der Waals surface area contributed by atoms with Crippen LogP contribution in [-0.2, 0) is 19.2 Å². The Labute approximate surface area is 244 Å². The van der Waals surface area contributed by atoms with Crippen LogP contribution in [0.1, 0.15) is 103 Å². The van der Waals surface area contributed by atoms with E-state index in [1.807, 2.05) is 60.6 Å². The van der Waals surface area contributed by atoms with Crippen molar-refractivity contribution in [3.63, 3.8) is 0 Å². The van der Waals surface area contributed by atoms with E-state index in [0.29, 0.717) is 18.8 Å². The number of carboxylic acids is 1. The molecule has 2 heterocycles. The molecule has 1 aliphatic carbocycles. The van der Waals surface area contributed by atoms with Crippen molar-refractivity contribution < 1.29 is 29.1 Å². The Hall–Kier alpha value is -3.10. The SMILES string of the molecule is Cc1cc(C2=NO[C@]3(C2)C[C@@H](C(=O)O)N(C(=O)[C@@H](NC(=O)CC2CCCCC2)C(C)(C)C)C3)cc(C)c1OC(C)C. The Morgan fingerprint density at radius 3 is 2.34 bits per heavy atom. The van der Waals surface area contributed by atoms with Gasteiger partial charge in [-0.3, -0.25) is 9.59 Å². The third-order valence-electron chi connectivity index (χ3n) is 8.57. The second kappa shape index (κ2) is 12.0. The van der Waals surface area contributed by atoms with Crippen molar-refractivity contribution in [3.8, 4) is 5.75 Å². The molecular weight excluding hydrogens is 522 g/mol. The van der Waals surface area contributed by atoms with E-state index < -0.39 is 35.0 Å². The van der Waals surface area contributed by atoms with Gasteiger partial charge < -0.3 is 24.9 Å². The van der Waals surface area contributed by atoms with E-state index >= 15 is 0 Å². The monoisotopic (exact) mass is 569 g/mol. The molecule has 1 aromatic carbocycles. The van der Waals surface area contributed by atoms with Gasteiger partial charge in [-0.15, -0.1) is 0 Å². The van der Waals surface area contributed by atoms with E-state index in [2.05, 4.69) is 10.5 Å². The molecule has 1 saturated carbocycles. The first-order chi connectivity index (χ1) is 19.2. The van der Waals surface area contributed by atoms with Gasteiger partial charge in [0.1, 0.15) is 17.8 Å². The summed E-state index contributed by atoms with van der Waals surface area (Å²) in [6.45, 7) is 13.7. The summed E-state index contributed by atoms with van der Waals surface area (Å²) < 4.78 is 5.98. The van der Waals surface area contributed by atoms with Crippen LogP contribution in [0.5, 0.6) is 5.75 Å². The minimum Gasteiger partial charge on any atom is -0.490 e. The maximum atomic E-state index is 14.0. The topological polar surface area (TPSA) is 118 Å². The highest BCUT2D eigenvalue weighted by atomic mass is 16.7. The van der Waals surface area contributed by atoms with Crippen molar-refractivity contribution in [3.05, 3.63) is 28.8 Å². The highest BCUT2D eigenvalue weighted by molar-refractivity contribution is 6.02. The van der Waals surface area contributed by atoms with Crippen molar-refractivity contribution in [1.82, 2.24) is 10.2 Å². The molecule has 0 radical (unpaired) electrons. The van der Waals surface area contributed by atoms with Crippen LogP contribution in [0.25, 0.3) is 0 Å². The number of likely N-dealkylation sites (tertiary alicyclic amines) is 1. The number of aryl methyl sites for hydroxylation is 2. The fourth-order valence-electron chi connectivity index (χ4n) is 6.50. The van der Waals surface area contributed by atoms with Crippen molar-refractivity contribution in [2.75, 3.05) is 6.54 Å². The van der Waals surface area contributed by atoms with Crippen molar-refractivity contribution in [1.29, 1.82) is 0 Å². The third kappa shape index (κ3) is 7.04. The quantitative estimate of drug-likeness (QED) is 0.448. The Kier molecular flexibility index (Phi) is 9.04. The zero-order valence-corrected chi connectivity index (χ0v) is 25.7. The molecule has 2 aliphatic heterocycles. The number of benzene rings is 1. The molecule has 1 aromatic rings. The lowest BCUT2D eigenvalue weighted by Crippen LogP contribution is -2.57. The molecule has 0 bridgehead atoms. The van der Waals surface area contributed by atoms with Crippen LogP contribution < -0.4 is 10.1 Å². The predicted octanol–water partition coefficient (Wildman–Crippen LogP) is 5.14. The molecule has 1 spiro atoms. The van der Waals surface area contributed by atoms with Gasteiger partial charge in [-0.1, -0.05) is 45.2 Å². The fourth-order valence-corrected chi connectivity index (χ4v) is 6.50. The standard InChI is InChI=1S/C32H47N3O6/c1-19(2)40-27-20(3)13-23(14-21(27)4)24-16-32(41-34-24)17-25(30(38)39)35(18-32)29(37)28(31(5,6)7)33-26(36)15-22-11-9-8-10-12-22/h13-14,19,22,25,28H,8-12,15-18H2,1-7H3,(H,33,36)(H,38,39)/t25-,28+,32+/m0/s1. The molecule has 0 aromatic heterocycles. The number of hydrogen-bond donors (Lipinski definition) is 2. The average molecular weight is 570 g/mol. The summed E-state index contributed by atoms with van der Waals surface area (Å²) in [5.41, 5.74) is 2.05. The summed E-state index contributed by atoms with van der Waals surface area (Å²) in [4.78, 5) is 46.8. The summed E-state index contributed by atoms with van der Waals surface area (Å²) in [6, 6.07) is 2.10. The second-order valence-electron chi connectivity index (χ2n) is 13.7. The first kappa shape index (κ1) is 30.8. The Bertz CT molecular complexity index is 1170. The van der Waals surface area contributed by atoms with E-state index in [0.717, 1.165) is 53.8 Å². The van der Waals surface area contributed by atoms with Crippen molar-refractivity contribution >= 4 is 23.5 Å². The summed E-state index contributed by atoms with van der Waals surface area (Å²) >= 11 is 0. The molecule has 4 rings (SSSR count). The van der Waals surface area contributed by atoms with Gasteiger partial charge in [0.15, 0.2) is 5.60 Å². The van der Waals surface area contributed by atoms with Gasteiger partial charge in [0.25, 0.3) is 0 Å². The molecule has 3 atom stereocenters. The number of carboxylic acid groups (broad SMARTS) is 1. The number of rotatable bonds is 8. The van der Waals surface area contributed by atoms with E-state index in [1.165, 1.54) is 11.3 Å². The molecule has 2 fully saturated rings. The predicted molar refractivity (Wildman–Crippen MR) is 157 cm³/mol. The van der Waals surface area contributed by atoms with Crippen LogP contribution in [-0.4, -0.2) is 63.8 Å². The number of aliphatic carboxylic acids is 1. The number of carbonyl (C=O) groups is 3. The van der Waals surface area contributed by atoms with Gasteiger partial charge in [-0.05, 0) is 75.1 Å². The minimum atomic E-state index is -1.09. The molecule has 41 heavy (non-hydrogen) atoms. The lowest BCUT2D eigenvalue weighted by Gasteiger charge is -2.35. The number of nitrogens with zero attached hydrogens (tertiary/aromatic N) is 2. The first-order valence-electron chi connectivity index (χ1n) is 15.0. The maximum Gasteiger partial charge on any atom is 0.326 e.